The van der Waals surface area contributed by atoms with E-state index in [2.05, 4.69) is 26.5 Å². The minimum absolute atomic E-state index is 0.542. The van der Waals surface area contributed by atoms with E-state index in [1.54, 1.807) is 24.7 Å². The van der Waals surface area contributed by atoms with Crippen LogP contribution in [0.1, 0.15) is 0 Å². The third-order valence-corrected chi connectivity index (χ3v) is 3.51. The molecule has 0 bridgehead atoms. The number of hydrogen-bond donors (Lipinski definition) is 0. The number of benzene rings is 2. The van der Waals surface area contributed by atoms with Gasteiger partial charge in [-0.25, -0.2) is 0 Å². The Labute approximate surface area is 125 Å². The molecule has 19 heavy (non-hydrogen) atoms. The molecule has 1 heterocycles. The zero-order chi connectivity index (χ0) is 13.1. The van der Waals surface area contributed by atoms with Crippen molar-refractivity contribution in [1.29, 1.82) is 0 Å². The molecule has 0 fully saturated rings. The summed E-state index contributed by atoms with van der Waals surface area (Å²) >= 11 is 1.62. The fourth-order valence-electron chi connectivity index (χ4n) is 1.68. The maximum absolute atomic E-state index is 4.15. The molecular formula is C14H9AtN4. The summed E-state index contributed by atoms with van der Waals surface area (Å²) in [7, 11) is 0. The van der Waals surface area contributed by atoms with Gasteiger partial charge in [-0.15, -0.1) is 0 Å². The number of hydrogen-bond acceptors (Lipinski definition) is 4. The Morgan fingerprint density at radius 1 is 0.632 bits per heavy atom. The Morgan fingerprint density at radius 2 is 1.21 bits per heavy atom. The summed E-state index contributed by atoms with van der Waals surface area (Å²) in [4.78, 5) is 0. The third-order valence-electron chi connectivity index (χ3n) is 2.59. The van der Waals surface area contributed by atoms with E-state index in [1.165, 1.54) is 3.27 Å². The van der Waals surface area contributed by atoms with Gasteiger partial charge < -0.3 is 0 Å². The zero-order valence-electron chi connectivity index (χ0n) is 9.86. The van der Waals surface area contributed by atoms with Crippen LogP contribution in [0.2, 0.25) is 0 Å². The zero-order valence-corrected chi connectivity index (χ0v) is 12.8. The molecule has 0 aliphatic rings. The van der Waals surface area contributed by atoms with Gasteiger partial charge >= 0.3 is 126 Å². The molecule has 3 aromatic rings. The van der Waals surface area contributed by atoms with E-state index in [-0.39, 0.29) is 0 Å². The SMILES string of the molecule is [211At]c1cccc(-c2nnc(-c3ccccc3)nn2)c1. The van der Waals surface area contributed by atoms with Gasteiger partial charge in [-0.2, -0.15) is 0 Å². The molecule has 5 heteroatoms. The van der Waals surface area contributed by atoms with Crippen molar-refractivity contribution in [3.63, 3.8) is 0 Å². The van der Waals surface area contributed by atoms with Gasteiger partial charge in [-0.3, -0.25) is 0 Å². The minimum atomic E-state index is 0.542. The maximum atomic E-state index is 4.15. The summed E-state index contributed by atoms with van der Waals surface area (Å²) in [6.45, 7) is 0. The Morgan fingerprint density at radius 3 is 1.84 bits per heavy atom. The summed E-state index contributed by atoms with van der Waals surface area (Å²) in [6, 6.07) is 17.7. The Hall–Kier alpha value is -1.74. The Balaban J connectivity index is 1.95. The first kappa shape index (κ1) is 12.3. The van der Waals surface area contributed by atoms with Gasteiger partial charge in [0, 0.05) is 0 Å². The predicted molar refractivity (Wildman–Crippen MR) is 68.1 cm³/mol. The van der Waals surface area contributed by atoms with Crippen molar-refractivity contribution < 1.29 is 24.7 Å². The second-order valence-electron chi connectivity index (χ2n) is 3.92. The van der Waals surface area contributed by atoms with Crippen molar-refractivity contribution in [2.45, 2.75) is 0 Å². The van der Waals surface area contributed by atoms with Crippen LogP contribution in [0.25, 0.3) is 22.8 Å². The summed E-state index contributed by atoms with van der Waals surface area (Å²) in [5.74, 6) is 1.10. The van der Waals surface area contributed by atoms with Crippen LogP contribution in [0.3, 0.4) is 0 Å². The molecule has 0 amide bonds. The van der Waals surface area contributed by atoms with Crippen LogP contribution in [0.4, 0.5) is 0 Å². The summed E-state index contributed by atoms with van der Waals surface area (Å²) in [5.41, 5.74) is 1.86. The molecule has 0 spiro atoms. The van der Waals surface area contributed by atoms with Crippen LogP contribution in [0.5, 0.6) is 0 Å². The molecule has 3 rings (SSSR count). The Bertz CT molecular complexity index is 683. The molecule has 1 aromatic heterocycles. The van der Waals surface area contributed by atoms with E-state index in [4.69, 9.17) is 0 Å². The molecule has 0 N–H and O–H groups in total. The molecule has 92 valence electrons. The first-order valence-electron chi connectivity index (χ1n) is 5.72. The van der Waals surface area contributed by atoms with Crippen LogP contribution in [-0.2, 0) is 0 Å². The first-order chi connectivity index (χ1) is 9.33. The Kier molecular flexibility index (Phi) is 3.56. The quantitative estimate of drug-likeness (QED) is 0.605. The molecule has 4 nitrogen and oxygen atoms in total. The van der Waals surface area contributed by atoms with Crippen LogP contribution < -0.4 is 3.27 Å². The van der Waals surface area contributed by atoms with Gasteiger partial charge in [0.2, 0.25) is 0 Å². The van der Waals surface area contributed by atoms with Crippen LogP contribution in [-0.4, -0.2) is 20.4 Å². The number of aromatic nitrogens is 4. The number of nitrogens with zero attached hydrogens (tertiary/aromatic N) is 4. The van der Waals surface area contributed by atoms with E-state index >= 15 is 0 Å². The van der Waals surface area contributed by atoms with Gasteiger partial charge in [0.05, 0.1) is 0 Å². The predicted octanol–water partition coefficient (Wildman–Crippen LogP) is 1.78. The van der Waals surface area contributed by atoms with E-state index in [9.17, 15) is 0 Å². The third kappa shape index (κ3) is 2.82. The molecule has 0 unspecified atom stereocenters. The van der Waals surface area contributed by atoms with Crippen molar-refractivity contribution in [3.05, 3.63) is 54.6 Å². The van der Waals surface area contributed by atoms with E-state index in [0.717, 1.165) is 11.1 Å². The molecular weight excluding hydrogens is 435 g/mol. The second kappa shape index (κ2) is 5.49. The van der Waals surface area contributed by atoms with Gasteiger partial charge in [0.15, 0.2) is 0 Å². The number of rotatable bonds is 2. The van der Waals surface area contributed by atoms with Crippen molar-refractivity contribution >= 4 is 3.27 Å². The standard InChI is InChI=1S/C14H9AtN4/c15-12-8-4-7-11(9-12)14-18-16-13(17-19-14)10-5-2-1-3-6-10/h1-9H/i15+1. The van der Waals surface area contributed by atoms with Crippen molar-refractivity contribution in [2.75, 3.05) is 0 Å². The van der Waals surface area contributed by atoms with E-state index < -0.39 is 0 Å². The normalized spacial score (nSPS) is 10.4. The fourth-order valence-corrected chi connectivity index (χ4v) is 2.41. The average molecular weight is 444 g/mol. The summed E-state index contributed by atoms with van der Waals surface area (Å²) in [6.07, 6.45) is 0. The fraction of sp³-hybridized carbons (Fsp3) is 0. The van der Waals surface area contributed by atoms with Gasteiger partial charge in [0.25, 0.3) is 0 Å². The molecule has 0 saturated heterocycles. The monoisotopic (exact) mass is 444 g/mol. The molecule has 2 aromatic carbocycles. The second-order valence-corrected chi connectivity index (χ2v) is 5.62. The van der Waals surface area contributed by atoms with Crippen molar-refractivity contribution in [1.82, 2.24) is 20.4 Å². The molecule has 0 radical (unpaired) electrons. The van der Waals surface area contributed by atoms with E-state index in [0.29, 0.717) is 11.6 Å². The first-order valence-corrected chi connectivity index (χ1v) is 7.18. The molecule has 0 atom stereocenters. The van der Waals surface area contributed by atoms with Crippen molar-refractivity contribution in [3.8, 4) is 22.8 Å². The summed E-state index contributed by atoms with van der Waals surface area (Å²) in [5, 5.41) is 16.6. The molecule has 0 aliphatic carbocycles. The van der Waals surface area contributed by atoms with Crippen LogP contribution >= 0.6 is 0 Å². The van der Waals surface area contributed by atoms with Gasteiger partial charge in [0.1, 0.15) is 0 Å². The van der Waals surface area contributed by atoms with Crippen molar-refractivity contribution in [2.24, 2.45) is 0 Å². The van der Waals surface area contributed by atoms with Gasteiger partial charge in [-0.1, -0.05) is 0 Å². The summed E-state index contributed by atoms with van der Waals surface area (Å²) < 4.78 is 1.22. The topological polar surface area (TPSA) is 51.6 Å². The average Bonchev–Trinajstić information content (AvgIpc) is 2.48. The molecule has 0 saturated carbocycles. The van der Waals surface area contributed by atoms with Crippen LogP contribution in [0.15, 0.2) is 54.6 Å². The van der Waals surface area contributed by atoms with Crippen LogP contribution in [0, 0.1) is 24.7 Å². The van der Waals surface area contributed by atoms with Gasteiger partial charge in [-0.05, 0) is 0 Å². The molecule has 0 aliphatic heterocycles. The van der Waals surface area contributed by atoms with E-state index in [1.807, 2.05) is 48.5 Å².